The van der Waals surface area contributed by atoms with E-state index in [1.165, 1.54) is 0 Å². The molecule has 0 radical (unpaired) electrons. The number of para-hydroxylation sites is 1. The van der Waals surface area contributed by atoms with E-state index in [0.29, 0.717) is 18.2 Å². The number of morpholine rings is 1. The Hall–Kier alpha value is -1.51. The highest BCUT2D eigenvalue weighted by molar-refractivity contribution is 14.1. The largest absolute Gasteiger partial charge is 0.378 e. The Balaban J connectivity index is 1.66. The molecule has 0 aromatic heterocycles. The molecule has 132 valence electrons. The van der Waals surface area contributed by atoms with Crippen LogP contribution in [0.25, 0.3) is 0 Å². The number of carbonyl (C=O) groups excluding carboxylic acids is 1. The number of hydrogen-bond acceptors (Lipinski definition) is 4. The zero-order valence-corrected chi connectivity index (χ0v) is 16.5. The highest BCUT2D eigenvalue weighted by Gasteiger charge is 2.16. The van der Waals surface area contributed by atoms with Crippen molar-refractivity contribution in [1.29, 1.82) is 0 Å². The zero-order chi connectivity index (χ0) is 17.6. The molecule has 0 saturated carbocycles. The topological polar surface area (TPSA) is 53.6 Å². The summed E-state index contributed by atoms with van der Waals surface area (Å²) in [7, 11) is 0. The Morgan fingerprint density at radius 1 is 1.16 bits per heavy atom. The van der Waals surface area contributed by atoms with Gasteiger partial charge in [0, 0.05) is 21.7 Å². The van der Waals surface area contributed by atoms with Crippen LogP contribution in [-0.2, 0) is 9.53 Å². The van der Waals surface area contributed by atoms with E-state index in [4.69, 9.17) is 16.3 Å². The van der Waals surface area contributed by atoms with Crippen molar-refractivity contribution in [3.8, 4) is 0 Å². The van der Waals surface area contributed by atoms with Crippen molar-refractivity contribution >= 4 is 57.2 Å². The third-order valence-electron chi connectivity index (χ3n) is 3.90. The molecule has 2 aromatic carbocycles. The minimum atomic E-state index is -0.1000. The molecule has 7 heteroatoms. The van der Waals surface area contributed by atoms with E-state index in [0.717, 1.165) is 33.7 Å². The van der Waals surface area contributed by atoms with Crippen molar-refractivity contribution in [2.45, 2.75) is 0 Å². The smallest absolute Gasteiger partial charge is 0.243 e. The summed E-state index contributed by atoms with van der Waals surface area (Å²) >= 11 is 8.34. The van der Waals surface area contributed by atoms with E-state index in [1.54, 1.807) is 0 Å². The van der Waals surface area contributed by atoms with Crippen LogP contribution in [0.3, 0.4) is 0 Å². The van der Waals surface area contributed by atoms with Gasteiger partial charge in [0.2, 0.25) is 5.91 Å². The second-order valence-corrected chi connectivity index (χ2v) is 7.24. The van der Waals surface area contributed by atoms with Crippen LogP contribution < -0.4 is 15.5 Å². The van der Waals surface area contributed by atoms with E-state index < -0.39 is 0 Å². The second kappa shape index (κ2) is 8.73. The van der Waals surface area contributed by atoms with Gasteiger partial charge in [0.15, 0.2) is 0 Å². The number of hydrogen-bond donors (Lipinski definition) is 2. The summed E-state index contributed by atoms with van der Waals surface area (Å²) in [4.78, 5) is 14.5. The van der Waals surface area contributed by atoms with Crippen molar-refractivity contribution in [3.05, 3.63) is 51.1 Å². The van der Waals surface area contributed by atoms with Crippen LogP contribution in [-0.4, -0.2) is 38.8 Å². The number of rotatable bonds is 5. The van der Waals surface area contributed by atoms with Gasteiger partial charge >= 0.3 is 0 Å². The Kier molecular flexibility index (Phi) is 6.39. The van der Waals surface area contributed by atoms with Crippen LogP contribution in [0.1, 0.15) is 0 Å². The average Bonchev–Trinajstić information content (AvgIpc) is 2.63. The third-order valence-corrected chi connectivity index (χ3v) is 5.07. The summed E-state index contributed by atoms with van der Waals surface area (Å²) in [5.41, 5.74) is 2.71. The van der Waals surface area contributed by atoms with E-state index in [-0.39, 0.29) is 12.5 Å². The normalized spacial score (nSPS) is 14.2. The van der Waals surface area contributed by atoms with Gasteiger partial charge in [-0.3, -0.25) is 4.79 Å². The van der Waals surface area contributed by atoms with Gasteiger partial charge in [-0.1, -0.05) is 23.7 Å². The molecule has 1 heterocycles. The fourth-order valence-electron chi connectivity index (χ4n) is 2.66. The van der Waals surface area contributed by atoms with E-state index >= 15 is 0 Å². The highest BCUT2D eigenvalue weighted by Crippen LogP contribution is 2.29. The first kappa shape index (κ1) is 18.3. The molecule has 0 atom stereocenters. The molecule has 2 aromatic rings. The fraction of sp³-hybridized carbons (Fsp3) is 0.278. The first-order valence-corrected chi connectivity index (χ1v) is 9.49. The summed E-state index contributed by atoms with van der Waals surface area (Å²) in [5.74, 6) is -0.1000. The molecular weight excluding hydrogens is 453 g/mol. The zero-order valence-electron chi connectivity index (χ0n) is 13.6. The Morgan fingerprint density at radius 3 is 2.68 bits per heavy atom. The van der Waals surface area contributed by atoms with Gasteiger partial charge in [-0.15, -0.1) is 0 Å². The first-order valence-electron chi connectivity index (χ1n) is 8.04. The molecule has 1 amide bonds. The van der Waals surface area contributed by atoms with Crippen molar-refractivity contribution < 1.29 is 9.53 Å². The minimum absolute atomic E-state index is 0.1000. The molecule has 1 saturated heterocycles. The Morgan fingerprint density at radius 2 is 1.92 bits per heavy atom. The van der Waals surface area contributed by atoms with Crippen molar-refractivity contribution in [2.24, 2.45) is 0 Å². The summed E-state index contributed by atoms with van der Waals surface area (Å²) in [5, 5.41) is 6.76. The number of carbonyl (C=O) groups is 1. The summed E-state index contributed by atoms with van der Waals surface area (Å²) in [6.07, 6.45) is 0. The number of nitrogens with zero attached hydrogens (tertiary/aromatic N) is 1. The van der Waals surface area contributed by atoms with Gasteiger partial charge in [0.25, 0.3) is 0 Å². The monoisotopic (exact) mass is 471 g/mol. The lowest BCUT2D eigenvalue weighted by Gasteiger charge is -2.30. The third kappa shape index (κ3) is 4.99. The average molecular weight is 472 g/mol. The first-order chi connectivity index (χ1) is 12.1. The molecule has 25 heavy (non-hydrogen) atoms. The van der Waals surface area contributed by atoms with Gasteiger partial charge in [0.05, 0.1) is 36.8 Å². The highest BCUT2D eigenvalue weighted by atomic mass is 127. The quantitative estimate of drug-likeness (QED) is 0.651. The van der Waals surface area contributed by atoms with Crippen LogP contribution >= 0.6 is 34.2 Å². The van der Waals surface area contributed by atoms with Crippen molar-refractivity contribution in [3.63, 3.8) is 0 Å². The molecule has 0 spiro atoms. The van der Waals surface area contributed by atoms with Crippen LogP contribution in [0.15, 0.2) is 42.5 Å². The lowest BCUT2D eigenvalue weighted by Crippen LogP contribution is -2.36. The molecular formula is C18H19ClIN3O2. The molecule has 3 rings (SSSR count). The Labute approximate surface area is 165 Å². The summed E-state index contributed by atoms with van der Waals surface area (Å²) in [6.45, 7) is 3.22. The van der Waals surface area contributed by atoms with Gasteiger partial charge in [0.1, 0.15) is 0 Å². The standard InChI is InChI=1S/C18H19ClIN3O2/c19-13-5-6-17(23-7-9-25-10-8-23)16(11-13)21-12-18(24)22-15-4-2-1-3-14(15)20/h1-6,11,21H,7-10,12H2,(H,22,24). The van der Waals surface area contributed by atoms with E-state index in [2.05, 4.69) is 38.1 Å². The molecule has 2 N–H and O–H groups in total. The maximum atomic E-state index is 12.3. The van der Waals surface area contributed by atoms with Crippen molar-refractivity contribution in [1.82, 2.24) is 0 Å². The molecule has 1 aliphatic heterocycles. The lowest BCUT2D eigenvalue weighted by atomic mass is 10.2. The Bertz CT molecular complexity index is 751. The molecule has 1 fully saturated rings. The maximum Gasteiger partial charge on any atom is 0.243 e. The molecule has 0 unspecified atom stereocenters. The summed E-state index contributed by atoms with van der Waals surface area (Å²) < 4.78 is 6.41. The van der Waals surface area contributed by atoms with Crippen LogP contribution in [0, 0.1) is 3.57 Å². The molecule has 0 bridgehead atoms. The van der Waals surface area contributed by atoms with Gasteiger partial charge in [-0.2, -0.15) is 0 Å². The number of halogens is 2. The van der Waals surface area contributed by atoms with Crippen LogP contribution in [0.5, 0.6) is 0 Å². The minimum Gasteiger partial charge on any atom is -0.378 e. The number of anilines is 3. The van der Waals surface area contributed by atoms with Gasteiger partial charge in [-0.25, -0.2) is 0 Å². The fourth-order valence-corrected chi connectivity index (χ4v) is 3.36. The van der Waals surface area contributed by atoms with Crippen LogP contribution in [0.2, 0.25) is 5.02 Å². The van der Waals surface area contributed by atoms with Gasteiger partial charge in [-0.05, 0) is 52.9 Å². The number of benzene rings is 2. The van der Waals surface area contributed by atoms with Crippen molar-refractivity contribution in [2.75, 3.05) is 48.4 Å². The number of nitrogens with one attached hydrogen (secondary N) is 2. The van der Waals surface area contributed by atoms with Gasteiger partial charge < -0.3 is 20.3 Å². The number of ether oxygens (including phenoxy) is 1. The molecule has 0 aliphatic carbocycles. The summed E-state index contributed by atoms with van der Waals surface area (Å²) in [6, 6.07) is 13.4. The predicted octanol–water partition coefficient (Wildman–Crippen LogP) is 3.83. The lowest BCUT2D eigenvalue weighted by molar-refractivity contribution is -0.114. The van der Waals surface area contributed by atoms with E-state index in [9.17, 15) is 4.79 Å². The predicted molar refractivity (Wildman–Crippen MR) is 111 cm³/mol. The maximum absolute atomic E-state index is 12.3. The SMILES string of the molecule is O=C(CNc1cc(Cl)ccc1N1CCOCC1)Nc1ccccc1I. The number of amides is 1. The van der Waals surface area contributed by atoms with E-state index in [1.807, 2.05) is 42.5 Å². The molecule has 1 aliphatic rings. The second-order valence-electron chi connectivity index (χ2n) is 5.64. The molecule has 5 nitrogen and oxygen atoms in total. The van der Waals surface area contributed by atoms with Crippen LogP contribution in [0.4, 0.5) is 17.1 Å².